The van der Waals surface area contributed by atoms with Crippen molar-refractivity contribution in [2.45, 2.75) is 26.8 Å². The van der Waals surface area contributed by atoms with Gasteiger partial charge in [-0.05, 0) is 39.0 Å². The summed E-state index contributed by atoms with van der Waals surface area (Å²) in [7, 11) is 0. The van der Waals surface area contributed by atoms with Gasteiger partial charge in [0.1, 0.15) is 6.54 Å². The average molecular weight is 434 g/mol. The zero-order chi connectivity index (χ0) is 21.1. The molecule has 3 rings (SSSR count). The highest BCUT2D eigenvalue weighted by Crippen LogP contribution is 2.29. The number of anilines is 1. The SMILES string of the molecule is CCN(CC(=O)Nc1c(Cl)cccc1Cl)C(=O)c1cnc2c(cnn2C(C)C)c1. The summed E-state index contributed by atoms with van der Waals surface area (Å²) < 4.78 is 1.79. The van der Waals surface area contributed by atoms with E-state index in [1.165, 1.54) is 11.1 Å². The van der Waals surface area contributed by atoms with Gasteiger partial charge >= 0.3 is 0 Å². The third-order valence-corrected chi connectivity index (χ3v) is 5.03. The van der Waals surface area contributed by atoms with E-state index in [4.69, 9.17) is 23.2 Å². The molecule has 2 amide bonds. The molecule has 9 heteroatoms. The molecule has 0 unspecified atom stereocenters. The van der Waals surface area contributed by atoms with Crippen molar-refractivity contribution < 1.29 is 9.59 Å². The smallest absolute Gasteiger partial charge is 0.255 e. The number of rotatable bonds is 6. The predicted molar refractivity (Wildman–Crippen MR) is 115 cm³/mol. The molecular weight excluding hydrogens is 413 g/mol. The number of benzene rings is 1. The van der Waals surface area contributed by atoms with Crippen LogP contribution in [0.2, 0.25) is 10.0 Å². The van der Waals surface area contributed by atoms with Crippen molar-refractivity contribution in [1.29, 1.82) is 0 Å². The van der Waals surface area contributed by atoms with Crippen LogP contribution in [0.15, 0.2) is 36.7 Å². The molecule has 0 aliphatic carbocycles. The third-order valence-electron chi connectivity index (χ3n) is 4.40. The zero-order valence-corrected chi connectivity index (χ0v) is 17.8. The maximum Gasteiger partial charge on any atom is 0.255 e. The number of hydrogen-bond acceptors (Lipinski definition) is 4. The molecule has 2 aromatic heterocycles. The van der Waals surface area contributed by atoms with E-state index < -0.39 is 5.91 Å². The number of aromatic nitrogens is 3. The number of nitrogens with one attached hydrogen (secondary N) is 1. The summed E-state index contributed by atoms with van der Waals surface area (Å²) in [6, 6.07) is 6.84. The van der Waals surface area contributed by atoms with Crippen LogP contribution in [0, 0.1) is 0 Å². The first kappa shape index (κ1) is 21.1. The van der Waals surface area contributed by atoms with Crippen LogP contribution >= 0.6 is 23.2 Å². The monoisotopic (exact) mass is 433 g/mol. The molecule has 1 aromatic carbocycles. The average Bonchev–Trinajstić information content (AvgIpc) is 3.12. The molecule has 1 N–H and O–H groups in total. The highest BCUT2D eigenvalue weighted by Gasteiger charge is 2.20. The van der Waals surface area contributed by atoms with E-state index in [0.29, 0.717) is 33.5 Å². The molecule has 2 heterocycles. The summed E-state index contributed by atoms with van der Waals surface area (Å²) in [6.07, 6.45) is 3.19. The van der Waals surface area contributed by atoms with Gasteiger partial charge in [-0.1, -0.05) is 29.3 Å². The van der Waals surface area contributed by atoms with Gasteiger partial charge in [-0.2, -0.15) is 5.10 Å². The number of para-hydroxylation sites is 1. The van der Waals surface area contributed by atoms with Crippen molar-refractivity contribution in [3.05, 3.63) is 52.3 Å². The molecule has 0 fully saturated rings. The second-order valence-electron chi connectivity index (χ2n) is 6.78. The van der Waals surface area contributed by atoms with Crippen molar-refractivity contribution in [1.82, 2.24) is 19.7 Å². The number of halogens is 2. The third kappa shape index (κ3) is 4.52. The molecule has 0 spiro atoms. The van der Waals surface area contributed by atoms with Gasteiger partial charge in [0.15, 0.2) is 5.65 Å². The molecule has 0 radical (unpaired) electrons. The Labute approximate surface area is 178 Å². The van der Waals surface area contributed by atoms with Crippen molar-refractivity contribution in [2.75, 3.05) is 18.4 Å². The van der Waals surface area contributed by atoms with Gasteiger partial charge in [0.25, 0.3) is 5.91 Å². The predicted octanol–water partition coefficient (Wildman–Crippen LogP) is 4.42. The van der Waals surface area contributed by atoms with E-state index in [0.717, 1.165) is 5.39 Å². The van der Waals surface area contributed by atoms with Gasteiger partial charge in [-0.25, -0.2) is 9.67 Å². The van der Waals surface area contributed by atoms with Crippen molar-refractivity contribution in [3.63, 3.8) is 0 Å². The maximum absolute atomic E-state index is 12.9. The van der Waals surface area contributed by atoms with Gasteiger partial charge < -0.3 is 10.2 Å². The number of carbonyl (C=O) groups excluding carboxylic acids is 2. The van der Waals surface area contributed by atoms with E-state index in [2.05, 4.69) is 15.4 Å². The molecule has 0 aliphatic heterocycles. The zero-order valence-electron chi connectivity index (χ0n) is 16.3. The summed E-state index contributed by atoms with van der Waals surface area (Å²) in [4.78, 5) is 31.2. The summed E-state index contributed by atoms with van der Waals surface area (Å²) in [5.74, 6) is -0.684. The summed E-state index contributed by atoms with van der Waals surface area (Å²) in [5.41, 5.74) is 1.44. The highest BCUT2D eigenvalue weighted by molar-refractivity contribution is 6.39. The molecule has 0 atom stereocenters. The van der Waals surface area contributed by atoms with Crippen molar-refractivity contribution >= 4 is 51.7 Å². The highest BCUT2D eigenvalue weighted by atomic mass is 35.5. The number of nitrogens with zero attached hydrogens (tertiary/aromatic N) is 4. The lowest BCUT2D eigenvalue weighted by molar-refractivity contribution is -0.116. The van der Waals surface area contributed by atoms with Gasteiger partial charge in [-0.3, -0.25) is 9.59 Å². The van der Waals surface area contributed by atoms with Crippen LogP contribution in [-0.2, 0) is 4.79 Å². The summed E-state index contributed by atoms with van der Waals surface area (Å²) in [5, 5.41) is 8.41. The van der Waals surface area contributed by atoms with E-state index >= 15 is 0 Å². The van der Waals surface area contributed by atoms with Gasteiger partial charge in [0.2, 0.25) is 5.91 Å². The Kier molecular flexibility index (Phi) is 6.39. The lowest BCUT2D eigenvalue weighted by atomic mass is 10.2. The van der Waals surface area contributed by atoms with Crippen molar-refractivity contribution in [2.24, 2.45) is 0 Å². The molecule has 0 saturated heterocycles. The first-order valence-corrected chi connectivity index (χ1v) is 9.93. The van der Waals surface area contributed by atoms with E-state index in [1.807, 2.05) is 13.8 Å². The Morgan fingerprint density at radius 1 is 1.21 bits per heavy atom. The lowest BCUT2D eigenvalue weighted by Crippen LogP contribution is -2.38. The number of amides is 2. The second kappa shape index (κ2) is 8.80. The maximum atomic E-state index is 12.9. The molecule has 7 nitrogen and oxygen atoms in total. The topological polar surface area (TPSA) is 80.1 Å². The first-order chi connectivity index (χ1) is 13.8. The number of pyridine rings is 1. The minimum Gasteiger partial charge on any atom is -0.330 e. The van der Waals surface area contributed by atoms with Crippen LogP contribution in [0.3, 0.4) is 0 Å². The van der Waals surface area contributed by atoms with Gasteiger partial charge in [0.05, 0.1) is 27.5 Å². The lowest BCUT2D eigenvalue weighted by Gasteiger charge is -2.21. The standard InChI is InChI=1S/C20H21Cl2N5O2/c1-4-26(11-17(28)25-18-15(21)6-5-7-16(18)22)20(29)14-8-13-10-24-27(12(2)3)19(13)23-9-14/h5-10,12H,4,11H2,1-3H3,(H,25,28). The molecule has 0 saturated carbocycles. The molecule has 0 aliphatic rings. The fourth-order valence-corrected chi connectivity index (χ4v) is 3.41. The van der Waals surface area contributed by atoms with Crippen LogP contribution in [0.25, 0.3) is 11.0 Å². The Bertz CT molecular complexity index is 1040. The molecule has 29 heavy (non-hydrogen) atoms. The van der Waals surface area contributed by atoms with Crippen LogP contribution in [0.5, 0.6) is 0 Å². The Hall–Kier alpha value is -2.64. The summed E-state index contributed by atoms with van der Waals surface area (Å²) >= 11 is 12.2. The molecular formula is C20H21Cl2N5O2. The van der Waals surface area contributed by atoms with E-state index in [1.54, 1.807) is 42.1 Å². The Morgan fingerprint density at radius 3 is 2.52 bits per heavy atom. The van der Waals surface area contributed by atoms with Crippen LogP contribution in [0.4, 0.5) is 5.69 Å². The fraction of sp³-hybridized carbons (Fsp3) is 0.300. The Balaban J connectivity index is 1.76. The van der Waals surface area contributed by atoms with Crippen LogP contribution in [-0.4, -0.2) is 44.6 Å². The molecule has 152 valence electrons. The minimum atomic E-state index is -0.392. The summed E-state index contributed by atoms with van der Waals surface area (Å²) in [6.45, 7) is 6.04. The quantitative estimate of drug-likeness (QED) is 0.623. The minimum absolute atomic E-state index is 0.139. The molecule has 0 bridgehead atoms. The van der Waals surface area contributed by atoms with E-state index in [9.17, 15) is 9.59 Å². The van der Waals surface area contributed by atoms with Gasteiger partial charge in [-0.15, -0.1) is 0 Å². The first-order valence-electron chi connectivity index (χ1n) is 9.18. The molecule has 3 aromatic rings. The normalized spacial score (nSPS) is 11.1. The van der Waals surface area contributed by atoms with Crippen molar-refractivity contribution in [3.8, 4) is 0 Å². The second-order valence-corrected chi connectivity index (χ2v) is 7.60. The van der Waals surface area contributed by atoms with E-state index in [-0.39, 0.29) is 18.5 Å². The number of likely N-dealkylation sites (N-methyl/N-ethyl adjacent to an activating group) is 1. The number of carbonyl (C=O) groups is 2. The number of hydrogen-bond donors (Lipinski definition) is 1. The number of fused-ring (bicyclic) bond motifs is 1. The fourth-order valence-electron chi connectivity index (χ4n) is 2.91. The van der Waals surface area contributed by atoms with Crippen LogP contribution < -0.4 is 5.32 Å². The van der Waals surface area contributed by atoms with Gasteiger partial charge in [0, 0.05) is 24.2 Å². The Morgan fingerprint density at radius 2 is 1.90 bits per heavy atom. The van der Waals surface area contributed by atoms with Crippen LogP contribution in [0.1, 0.15) is 37.2 Å². The largest absolute Gasteiger partial charge is 0.330 e.